The van der Waals surface area contributed by atoms with Gasteiger partial charge in [-0.25, -0.2) is 4.39 Å². The first kappa shape index (κ1) is 13.4. The second kappa shape index (κ2) is 6.18. The highest BCUT2D eigenvalue weighted by molar-refractivity contribution is 6.31. The Bertz CT molecular complexity index is 322. The first-order valence-electron chi connectivity index (χ1n) is 5.34. The van der Waals surface area contributed by atoms with Crippen LogP contribution in [0.25, 0.3) is 0 Å². The highest BCUT2D eigenvalue weighted by atomic mass is 35.5. The standard InChI is InChI=1S/C12H17ClFNO/c1-8(9(6-15)7-16)5-10-11(13)3-2-4-12(10)14/h2-4,8-9,16H,5-7,15H2,1H3. The molecule has 0 aromatic heterocycles. The quantitative estimate of drug-likeness (QED) is 0.836. The summed E-state index contributed by atoms with van der Waals surface area (Å²) in [4.78, 5) is 0. The van der Waals surface area contributed by atoms with Gasteiger partial charge in [0.25, 0.3) is 0 Å². The van der Waals surface area contributed by atoms with E-state index in [0.717, 1.165) is 0 Å². The van der Waals surface area contributed by atoms with E-state index in [1.165, 1.54) is 6.07 Å². The van der Waals surface area contributed by atoms with Crippen molar-refractivity contribution in [3.63, 3.8) is 0 Å². The zero-order valence-corrected chi connectivity index (χ0v) is 10.0. The maximum Gasteiger partial charge on any atom is 0.127 e. The lowest BCUT2D eigenvalue weighted by molar-refractivity contribution is 0.186. The summed E-state index contributed by atoms with van der Waals surface area (Å²) >= 11 is 5.93. The van der Waals surface area contributed by atoms with E-state index in [1.807, 2.05) is 6.92 Å². The number of rotatable bonds is 5. The fraction of sp³-hybridized carbons (Fsp3) is 0.500. The minimum atomic E-state index is -0.298. The maximum absolute atomic E-state index is 13.5. The van der Waals surface area contributed by atoms with Gasteiger partial charge in [-0.2, -0.15) is 0 Å². The third kappa shape index (κ3) is 3.17. The van der Waals surface area contributed by atoms with E-state index < -0.39 is 0 Å². The van der Waals surface area contributed by atoms with Crippen LogP contribution in [0.1, 0.15) is 12.5 Å². The molecule has 2 atom stereocenters. The predicted octanol–water partition coefficient (Wildman–Crippen LogP) is 2.22. The van der Waals surface area contributed by atoms with Crippen LogP contribution in [0.2, 0.25) is 5.02 Å². The van der Waals surface area contributed by atoms with Gasteiger partial charge in [-0.3, -0.25) is 0 Å². The molecule has 0 saturated heterocycles. The lowest BCUT2D eigenvalue weighted by Gasteiger charge is -2.21. The van der Waals surface area contributed by atoms with E-state index in [9.17, 15) is 4.39 Å². The monoisotopic (exact) mass is 245 g/mol. The first-order chi connectivity index (χ1) is 7.60. The molecule has 0 fully saturated rings. The zero-order valence-electron chi connectivity index (χ0n) is 9.29. The molecule has 0 radical (unpaired) electrons. The fourth-order valence-electron chi connectivity index (χ4n) is 1.70. The van der Waals surface area contributed by atoms with Crippen LogP contribution in [0, 0.1) is 17.7 Å². The smallest absolute Gasteiger partial charge is 0.127 e. The van der Waals surface area contributed by atoms with Crippen molar-refractivity contribution in [1.29, 1.82) is 0 Å². The first-order valence-corrected chi connectivity index (χ1v) is 5.71. The Morgan fingerprint density at radius 2 is 2.19 bits per heavy atom. The topological polar surface area (TPSA) is 46.2 Å². The van der Waals surface area contributed by atoms with Gasteiger partial charge < -0.3 is 10.8 Å². The molecule has 0 aliphatic carbocycles. The molecule has 1 aromatic carbocycles. The summed E-state index contributed by atoms with van der Waals surface area (Å²) in [5.74, 6) is -0.215. The molecule has 0 aliphatic rings. The van der Waals surface area contributed by atoms with Crippen LogP contribution >= 0.6 is 11.6 Å². The van der Waals surface area contributed by atoms with Gasteiger partial charge in [-0.15, -0.1) is 0 Å². The van der Waals surface area contributed by atoms with E-state index in [0.29, 0.717) is 23.6 Å². The minimum Gasteiger partial charge on any atom is -0.396 e. The molecule has 2 nitrogen and oxygen atoms in total. The summed E-state index contributed by atoms with van der Waals surface area (Å²) in [6.07, 6.45) is 0.494. The summed E-state index contributed by atoms with van der Waals surface area (Å²) in [5.41, 5.74) is 6.03. The Morgan fingerprint density at radius 1 is 1.50 bits per heavy atom. The summed E-state index contributed by atoms with van der Waals surface area (Å²) in [6, 6.07) is 4.64. The molecule has 90 valence electrons. The molecule has 1 rings (SSSR count). The van der Waals surface area contributed by atoms with E-state index >= 15 is 0 Å². The van der Waals surface area contributed by atoms with Crippen LogP contribution in [0.5, 0.6) is 0 Å². The van der Waals surface area contributed by atoms with Gasteiger partial charge in [0, 0.05) is 17.2 Å². The second-order valence-corrected chi connectivity index (χ2v) is 4.47. The number of halogens is 2. The van der Waals surface area contributed by atoms with Crippen LogP contribution in [-0.4, -0.2) is 18.3 Å². The van der Waals surface area contributed by atoms with E-state index in [1.54, 1.807) is 12.1 Å². The molecule has 3 N–H and O–H groups in total. The van der Waals surface area contributed by atoms with Crippen molar-refractivity contribution in [2.75, 3.05) is 13.2 Å². The van der Waals surface area contributed by atoms with Gasteiger partial charge in [0.15, 0.2) is 0 Å². The number of benzene rings is 1. The van der Waals surface area contributed by atoms with Crippen molar-refractivity contribution in [3.8, 4) is 0 Å². The van der Waals surface area contributed by atoms with Gasteiger partial charge >= 0.3 is 0 Å². The molecular weight excluding hydrogens is 229 g/mol. The normalized spacial score (nSPS) is 14.8. The average molecular weight is 246 g/mol. The van der Waals surface area contributed by atoms with Gasteiger partial charge in [0.2, 0.25) is 0 Å². The molecular formula is C12H17ClFNO. The second-order valence-electron chi connectivity index (χ2n) is 4.06. The highest BCUT2D eigenvalue weighted by Crippen LogP contribution is 2.24. The number of hydrogen-bond acceptors (Lipinski definition) is 2. The third-order valence-electron chi connectivity index (χ3n) is 2.93. The van der Waals surface area contributed by atoms with Crippen molar-refractivity contribution < 1.29 is 9.50 Å². The van der Waals surface area contributed by atoms with Crippen molar-refractivity contribution in [1.82, 2.24) is 0 Å². The number of aliphatic hydroxyl groups excluding tert-OH is 1. The van der Waals surface area contributed by atoms with Crippen molar-refractivity contribution in [2.45, 2.75) is 13.3 Å². The Labute approximate surface area is 100 Å². The van der Waals surface area contributed by atoms with Crippen LogP contribution in [-0.2, 0) is 6.42 Å². The molecule has 1 aromatic rings. The average Bonchev–Trinajstić information content (AvgIpc) is 2.25. The third-order valence-corrected chi connectivity index (χ3v) is 3.28. The Kier molecular flexibility index (Phi) is 5.19. The van der Waals surface area contributed by atoms with Crippen LogP contribution < -0.4 is 5.73 Å². The van der Waals surface area contributed by atoms with E-state index in [4.69, 9.17) is 22.4 Å². The van der Waals surface area contributed by atoms with Gasteiger partial charge in [-0.1, -0.05) is 24.6 Å². The molecule has 2 unspecified atom stereocenters. The van der Waals surface area contributed by atoms with E-state index in [2.05, 4.69) is 0 Å². The summed E-state index contributed by atoms with van der Waals surface area (Å²) < 4.78 is 13.5. The van der Waals surface area contributed by atoms with Crippen LogP contribution in [0.4, 0.5) is 4.39 Å². The lowest BCUT2D eigenvalue weighted by atomic mass is 9.89. The van der Waals surface area contributed by atoms with Crippen molar-refractivity contribution in [3.05, 3.63) is 34.6 Å². The van der Waals surface area contributed by atoms with E-state index in [-0.39, 0.29) is 24.3 Å². The SMILES string of the molecule is CC(Cc1c(F)cccc1Cl)C(CN)CO. The zero-order chi connectivity index (χ0) is 12.1. The fourth-order valence-corrected chi connectivity index (χ4v) is 1.94. The Hall–Kier alpha value is -0.640. The Morgan fingerprint density at radius 3 is 2.69 bits per heavy atom. The molecule has 0 heterocycles. The number of hydrogen-bond donors (Lipinski definition) is 2. The predicted molar refractivity (Wildman–Crippen MR) is 63.9 cm³/mol. The lowest BCUT2D eigenvalue weighted by Crippen LogP contribution is -2.26. The largest absolute Gasteiger partial charge is 0.396 e. The number of nitrogens with two attached hydrogens (primary N) is 1. The van der Waals surface area contributed by atoms with Crippen molar-refractivity contribution in [2.24, 2.45) is 17.6 Å². The van der Waals surface area contributed by atoms with Gasteiger partial charge in [-0.05, 0) is 36.9 Å². The summed E-state index contributed by atoms with van der Waals surface area (Å²) in [6.45, 7) is 2.35. The summed E-state index contributed by atoms with van der Waals surface area (Å²) in [5, 5.41) is 9.54. The highest BCUT2D eigenvalue weighted by Gasteiger charge is 2.18. The van der Waals surface area contributed by atoms with Gasteiger partial charge in [0.1, 0.15) is 5.82 Å². The number of aliphatic hydroxyl groups is 1. The Balaban J connectivity index is 2.80. The van der Waals surface area contributed by atoms with Gasteiger partial charge in [0.05, 0.1) is 0 Å². The maximum atomic E-state index is 13.5. The molecule has 0 saturated carbocycles. The molecule has 0 amide bonds. The van der Waals surface area contributed by atoms with Crippen LogP contribution in [0.15, 0.2) is 18.2 Å². The van der Waals surface area contributed by atoms with Crippen molar-refractivity contribution >= 4 is 11.6 Å². The molecule has 0 spiro atoms. The minimum absolute atomic E-state index is 0.0176. The van der Waals surface area contributed by atoms with Crippen LogP contribution in [0.3, 0.4) is 0 Å². The molecule has 0 aliphatic heterocycles. The molecule has 4 heteroatoms. The molecule has 0 bridgehead atoms. The summed E-state index contributed by atoms with van der Waals surface area (Å²) in [7, 11) is 0. The molecule has 16 heavy (non-hydrogen) atoms.